The molecule has 0 fully saturated rings. The molecule has 1 N–H and O–H groups in total. The molecule has 0 spiro atoms. The first-order valence-corrected chi connectivity index (χ1v) is 6.10. The van der Waals surface area contributed by atoms with E-state index in [0.717, 1.165) is 45.6 Å². The van der Waals surface area contributed by atoms with Gasteiger partial charge >= 0.3 is 0 Å². The average Bonchev–Trinajstić information content (AvgIpc) is 2.68. The number of ether oxygens (including phenoxy) is 1. The van der Waals surface area contributed by atoms with Crippen LogP contribution in [0.25, 0.3) is 0 Å². The minimum absolute atomic E-state index is 0.868. The van der Waals surface area contributed by atoms with Crippen molar-refractivity contribution in [3.05, 3.63) is 18.0 Å². The Labute approximate surface area is 98.0 Å². The third-order valence-electron chi connectivity index (χ3n) is 2.47. The van der Waals surface area contributed by atoms with Gasteiger partial charge < -0.3 is 10.1 Å². The summed E-state index contributed by atoms with van der Waals surface area (Å²) in [4.78, 5) is 0. The zero-order valence-corrected chi connectivity index (χ0v) is 10.4. The molecule has 0 aliphatic heterocycles. The van der Waals surface area contributed by atoms with Crippen LogP contribution in [0.3, 0.4) is 0 Å². The van der Waals surface area contributed by atoms with Crippen LogP contribution in [0.5, 0.6) is 0 Å². The quantitative estimate of drug-likeness (QED) is 0.645. The predicted octanol–water partition coefficient (Wildman–Crippen LogP) is 1.37. The van der Waals surface area contributed by atoms with Crippen LogP contribution in [0, 0.1) is 0 Å². The van der Waals surface area contributed by atoms with E-state index < -0.39 is 0 Å². The minimum Gasteiger partial charge on any atom is -0.381 e. The Hall–Kier alpha value is -0.870. The lowest BCUT2D eigenvalue weighted by Gasteiger charge is -2.05. The van der Waals surface area contributed by atoms with Gasteiger partial charge in [-0.2, -0.15) is 5.10 Å². The minimum atomic E-state index is 0.868. The molecule has 16 heavy (non-hydrogen) atoms. The number of aryl methyl sites for hydroxylation is 1. The molecule has 0 saturated heterocycles. The molecule has 0 aliphatic carbocycles. The first-order chi connectivity index (χ1) is 7.84. The van der Waals surface area contributed by atoms with Gasteiger partial charge in [0.25, 0.3) is 0 Å². The summed E-state index contributed by atoms with van der Waals surface area (Å²) < 4.78 is 7.32. The summed E-state index contributed by atoms with van der Waals surface area (Å²) in [7, 11) is 1.98. The molecule has 0 atom stereocenters. The molecule has 1 heterocycles. The summed E-state index contributed by atoms with van der Waals surface area (Å²) in [5, 5.41) is 7.54. The number of hydrogen-bond acceptors (Lipinski definition) is 3. The van der Waals surface area contributed by atoms with E-state index in [4.69, 9.17) is 4.74 Å². The molecule has 1 rings (SSSR count). The van der Waals surface area contributed by atoms with Gasteiger partial charge in [-0.3, -0.25) is 4.68 Å². The molecular formula is C12H23N3O. The van der Waals surface area contributed by atoms with E-state index in [2.05, 4.69) is 23.4 Å². The van der Waals surface area contributed by atoms with Crippen molar-refractivity contribution >= 4 is 0 Å². The van der Waals surface area contributed by atoms with Crippen LogP contribution in [0.4, 0.5) is 0 Å². The zero-order valence-electron chi connectivity index (χ0n) is 10.4. The van der Waals surface area contributed by atoms with Gasteiger partial charge in [-0.25, -0.2) is 0 Å². The standard InChI is InChI=1S/C12H23N3O/c1-3-10-16-11-4-7-13-8-5-12-6-9-14-15(12)2/h6,9,13H,3-5,7-8,10-11H2,1-2H3. The highest BCUT2D eigenvalue weighted by molar-refractivity contribution is 5.00. The van der Waals surface area contributed by atoms with Gasteiger partial charge in [-0.15, -0.1) is 0 Å². The number of aromatic nitrogens is 2. The van der Waals surface area contributed by atoms with Crippen molar-refractivity contribution in [3.63, 3.8) is 0 Å². The molecule has 4 nitrogen and oxygen atoms in total. The molecule has 4 heteroatoms. The summed E-state index contributed by atoms with van der Waals surface area (Å²) in [6.07, 6.45) is 5.07. The lowest BCUT2D eigenvalue weighted by molar-refractivity contribution is 0.132. The van der Waals surface area contributed by atoms with Crippen molar-refractivity contribution in [2.75, 3.05) is 26.3 Å². The Balaban J connectivity index is 1.91. The topological polar surface area (TPSA) is 39.1 Å². The molecule has 92 valence electrons. The third-order valence-corrected chi connectivity index (χ3v) is 2.47. The maximum absolute atomic E-state index is 5.40. The fourth-order valence-corrected chi connectivity index (χ4v) is 1.53. The lowest BCUT2D eigenvalue weighted by atomic mass is 10.3. The summed E-state index contributed by atoms with van der Waals surface area (Å²) in [6, 6.07) is 2.06. The number of nitrogens with zero attached hydrogens (tertiary/aromatic N) is 2. The monoisotopic (exact) mass is 225 g/mol. The highest BCUT2D eigenvalue weighted by Gasteiger charge is 1.97. The van der Waals surface area contributed by atoms with E-state index in [1.54, 1.807) is 0 Å². The molecular weight excluding hydrogens is 202 g/mol. The van der Waals surface area contributed by atoms with E-state index in [-0.39, 0.29) is 0 Å². The van der Waals surface area contributed by atoms with Crippen LogP contribution in [-0.4, -0.2) is 36.1 Å². The average molecular weight is 225 g/mol. The lowest BCUT2D eigenvalue weighted by Crippen LogP contribution is -2.20. The molecule has 0 aliphatic rings. The van der Waals surface area contributed by atoms with E-state index in [9.17, 15) is 0 Å². The first-order valence-electron chi connectivity index (χ1n) is 6.10. The molecule has 0 aromatic carbocycles. The van der Waals surface area contributed by atoms with Crippen molar-refractivity contribution in [2.45, 2.75) is 26.2 Å². The predicted molar refractivity (Wildman–Crippen MR) is 65.5 cm³/mol. The molecule has 0 amide bonds. The maximum Gasteiger partial charge on any atom is 0.0492 e. The Morgan fingerprint density at radius 3 is 2.94 bits per heavy atom. The second-order valence-corrected chi connectivity index (χ2v) is 3.91. The number of nitrogens with one attached hydrogen (secondary N) is 1. The largest absolute Gasteiger partial charge is 0.381 e. The summed E-state index contributed by atoms with van der Waals surface area (Å²) in [5.74, 6) is 0. The molecule has 1 aromatic heterocycles. The van der Waals surface area contributed by atoms with Gasteiger partial charge in [-0.1, -0.05) is 6.92 Å². The smallest absolute Gasteiger partial charge is 0.0492 e. The maximum atomic E-state index is 5.40. The van der Waals surface area contributed by atoms with Crippen molar-refractivity contribution < 1.29 is 4.74 Å². The first kappa shape index (κ1) is 13.2. The van der Waals surface area contributed by atoms with Crippen molar-refractivity contribution in [2.24, 2.45) is 7.05 Å². The fourth-order valence-electron chi connectivity index (χ4n) is 1.53. The Morgan fingerprint density at radius 2 is 2.25 bits per heavy atom. The van der Waals surface area contributed by atoms with E-state index >= 15 is 0 Å². The van der Waals surface area contributed by atoms with Gasteiger partial charge in [0, 0.05) is 45.1 Å². The van der Waals surface area contributed by atoms with E-state index in [1.807, 2.05) is 17.9 Å². The molecule has 0 radical (unpaired) electrons. The van der Waals surface area contributed by atoms with Crippen LogP contribution in [0.1, 0.15) is 25.5 Å². The molecule has 0 saturated carbocycles. The Bertz CT molecular complexity index is 273. The van der Waals surface area contributed by atoms with Gasteiger partial charge in [-0.05, 0) is 25.5 Å². The Morgan fingerprint density at radius 1 is 1.38 bits per heavy atom. The highest BCUT2D eigenvalue weighted by atomic mass is 16.5. The third kappa shape index (κ3) is 5.28. The number of rotatable bonds is 9. The van der Waals surface area contributed by atoms with Crippen molar-refractivity contribution in [1.29, 1.82) is 0 Å². The second-order valence-electron chi connectivity index (χ2n) is 3.91. The summed E-state index contributed by atoms with van der Waals surface area (Å²) in [5.41, 5.74) is 1.27. The Kier molecular flexibility index (Phi) is 6.85. The van der Waals surface area contributed by atoms with Crippen LogP contribution in [0.15, 0.2) is 12.3 Å². The number of hydrogen-bond donors (Lipinski definition) is 1. The van der Waals surface area contributed by atoms with E-state index in [0.29, 0.717) is 0 Å². The van der Waals surface area contributed by atoms with Gasteiger partial charge in [0.1, 0.15) is 0 Å². The van der Waals surface area contributed by atoms with Gasteiger partial charge in [0.15, 0.2) is 0 Å². The molecule has 1 aromatic rings. The van der Waals surface area contributed by atoms with E-state index in [1.165, 1.54) is 5.69 Å². The molecule has 0 bridgehead atoms. The summed E-state index contributed by atoms with van der Waals surface area (Å²) in [6.45, 7) is 5.92. The highest BCUT2D eigenvalue weighted by Crippen LogP contribution is 1.95. The van der Waals surface area contributed by atoms with Gasteiger partial charge in [0.2, 0.25) is 0 Å². The van der Waals surface area contributed by atoms with Crippen LogP contribution in [0.2, 0.25) is 0 Å². The summed E-state index contributed by atoms with van der Waals surface area (Å²) >= 11 is 0. The van der Waals surface area contributed by atoms with Crippen molar-refractivity contribution in [1.82, 2.24) is 15.1 Å². The molecule has 0 unspecified atom stereocenters. The van der Waals surface area contributed by atoms with Crippen molar-refractivity contribution in [3.8, 4) is 0 Å². The zero-order chi connectivity index (χ0) is 11.6. The normalized spacial score (nSPS) is 10.9. The fraction of sp³-hybridized carbons (Fsp3) is 0.750. The SMILES string of the molecule is CCCOCCCNCCc1ccnn1C. The van der Waals surface area contributed by atoms with Crippen LogP contribution in [-0.2, 0) is 18.2 Å². The second kappa shape index (κ2) is 8.30. The van der Waals surface area contributed by atoms with Crippen LogP contribution >= 0.6 is 0 Å². The van der Waals surface area contributed by atoms with Crippen LogP contribution < -0.4 is 5.32 Å². The van der Waals surface area contributed by atoms with Gasteiger partial charge in [0.05, 0.1) is 0 Å².